The van der Waals surface area contributed by atoms with Crippen molar-refractivity contribution in [3.63, 3.8) is 0 Å². The smallest absolute Gasteiger partial charge is 0.147 e. The molecular formula is C10H7BrINO. The fourth-order valence-corrected chi connectivity index (χ4v) is 2.83. The maximum absolute atomic E-state index is 11.2. The Morgan fingerprint density at radius 2 is 2.29 bits per heavy atom. The van der Waals surface area contributed by atoms with Crippen LogP contribution in [0.4, 0.5) is 0 Å². The Hall–Kier alpha value is -0.410. The lowest BCUT2D eigenvalue weighted by atomic mass is 10.0. The van der Waals surface area contributed by atoms with E-state index < -0.39 is 0 Å². The average Bonchev–Trinajstić information content (AvgIpc) is 2.16. The van der Waals surface area contributed by atoms with Crippen molar-refractivity contribution in [3.8, 4) is 6.07 Å². The zero-order valence-electron chi connectivity index (χ0n) is 7.42. The Morgan fingerprint density at radius 1 is 1.64 bits per heavy atom. The van der Waals surface area contributed by atoms with Crippen molar-refractivity contribution in [2.24, 2.45) is 0 Å². The van der Waals surface area contributed by atoms with Gasteiger partial charge in [-0.25, -0.2) is 0 Å². The molecule has 0 aliphatic rings. The highest BCUT2D eigenvalue weighted by Crippen LogP contribution is 2.30. The Morgan fingerprint density at radius 3 is 2.79 bits per heavy atom. The number of nitriles is 1. The molecule has 0 radical (unpaired) electrons. The van der Waals surface area contributed by atoms with E-state index >= 15 is 0 Å². The highest BCUT2D eigenvalue weighted by atomic mass is 127. The molecule has 0 aliphatic carbocycles. The molecule has 1 aromatic rings. The van der Waals surface area contributed by atoms with E-state index in [4.69, 9.17) is 5.26 Å². The molecule has 1 unspecified atom stereocenters. The Bertz CT molecular complexity index is 411. The minimum Gasteiger partial charge on any atom is -0.298 e. The van der Waals surface area contributed by atoms with Crippen LogP contribution >= 0.6 is 38.5 Å². The molecule has 72 valence electrons. The van der Waals surface area contributed by atoms with E-state index in [2.05, 4.69) is 44.6 Å². The highest BCUT2D eigenvalue weighted by Gasteiger charge is 2.19. The maximum Gasteiger partial charge on any atom is 0.147 e. The zero-order chi connectivity index (χ0) is 10.7. The SMILES string of the molecule is CC(=O)C(Br)c1c(I)cccc1C#N. The second-order valence-electron chi connectivity index (χ2n) is 2.79. The first-order chi connectivity index (χ1) is 6.57. The molecule has 0 saturated carbocycles. The summed E-state index contributed by atoms with van der Waals surface area (Å²) in [4.78, 5) is 10.8. The van der Waals surface area contributed by atoms with Crippen LogP contribution < -0.4 is 0 Å². The number of halogens is 2. The van der Waals surface area contributed by atoms with Gasteiger partial charge < -0.3 is 0 Å². The molecule has 1 rings (SSSR count). The summed E-state index contributed by atoms with van der Waals surface area (Å²) < 4.78 is 0.929. The van der Waals surface area contributed by atoms with Gasteiger partial charge in [-0.05, 0) is 41.6 Å². The van der Waals surface area contributed by atoms with Gasteiger partial charge in [0.05, 0.1) is 16.5 Å². The van der Waals surface area contributed by atoms with Crippen molar-refractivity contribution < 1.29 is 4.79 Å². The number of rotatable bonds is 2. The summed E-state index contributed by atoms with van der Waals surface area (Å²) in [5.41, 5.74) is 1.32. The van der Waals surface area contributed by atoms with E-state index in [1.165, 1.54) is 6.92 Å². The van der Waals surface area contributed by atoms with Gasteiger partial charge >= 0.3 is 0 Å². The van der Waals surface area contributed by atoms with Gasteiger partial charge in [-0.1, -0.05) is 22.0 Å². The number of alkyl halides is 1. The second kappa shape index (κ2) is 4.89. The first-order valence-corrected chi connectivity index (χ1v) is 5.90. The second-order valence-corrected chi connectivity index (χ2v) is 4.86. The summed E-state index contributed by atoms with van der Waals surface area (Å²) >= 11 is 5.41. The average molecular weight is 364 g/mol. The predicted octanol–water partition coefficient (Wildman–Crippen LogP) is 3.19. The number of nitrogens with zero attached hydrogens (tertiary/aromatic N) is 1. The third kappa shape index (κ3) is 2.34. The van der Waals surface area contributed by atoms with E-state index in [0.717, 1.165) is 9.13 Å². The lowest BCUT2D eigenvalue weighted by Gasteiger charge is -2.10. The van der Waals surface area contributed by atoms with Crippen molar-refractivity contribution in [2.75, 3.05) is 0 Å². The van der Waals surface area contributed by atoms with Crippen LogP contribution in [0.15, 0.2) is 18.2 Å². The molecule has 0 heterocycles. The molecular weight excluding hydrogens is 357 g/mol. The summed E-state index contributed by atoms with van der Waals surface area (Å²) in [5.74, 6) is 0.00520. The quantitative estimate of drug-likeness (QED) is 0.598. The number of benzene rings is 1. The number of carbonyl (C=O) groups excluding carboxylic acids is 1. The Kier molecular flexibility index (Phi) is 4.08. The van der Waals surface area contributed by atoms with Gasteiger partial charge in [0.15, 0.2) is 0 Å². The molecule has 0 spiro atoms. The van der Waals surface area contributed by atoms with Gasteiger partial charge in [0.2, 0.25) is 0 Å². The van der Waals surface area contributed by atoms with E-state index in [1.807, 2.05) is 12.1 Å². The van der Waals surface area contributed by atoms with Crippen LogP contribution in [0.2, 0.25) is 0 Å². The first-order valence-electron chi connectivity index (χ1n) is 3.91. The van der Waals surface area contributed by atoms with Crippen LogP contribution in [0.1, 0.15) is 22.9 Å². The van der Waals surface area contributed by atoms with Gasteiger partial charge in [-0.15, -0.1) is 0 Å². The van der Waals surface area contributed by atoms with Crippen LogP contribution in [-0.4, -0.2) is 5.78 Å². The summed E-state index contributed by atoms with van der Waals surface area (Å²) in [7, 11) is 0. The lowest BCUT2D eigenvalue weighted by molar-refractivity contribution is -0.116. The predicted molar refractivity (Wildman–Crippen MR) is 66.2 cm³/mol. The van der Waals surface area contributed by atoms with E-state index in [1.54, 1.807) is 6.07 Å². The van der Waals surface area contributed by atoms with Crippen molar-refractivity contribution in [2.45, 2.75) is 11.8 Å². The number of ketones is 1. The summed E-state index contributed by atoms with van der Waals surface area (Å²) in [5, 5.41) is 8.89. The first kappa shape index (κ1) is 11.7. The third-order valence-electron chi connectivity index (χ3n) is 1.78. The van der Waals surface area contributed by atoms with E-state index in [0.29, 0.717) is 5.56 Å². The van der Waals surface area contributed by atoms with Gasteiger partial charge in [0, 0.05) is 9.13 Å². The molecule has 0 N–H and O–H groups in total. The van der Waals surface area contributed by atoms with Gasteiger partial charge in [0.1, 0.15) is 5.78 Å². The maximum atomic E-state index is 11.2. The molecule has 0 aliphatic heterocycles. The number of hydrogen-bond acceptors (Lipinski definition) is 2. The molecule has 1 atom stereocenters. The van der Waals surface area contributed by atoms with E-state index in [9.17, 15) is 4.79 Å². The molecule has 4 heteroatoms. The molecule has 0 aromatic heterocycles. The Labute approximate surface area is 105 Å². The molecule has 0 amide bonds. The molecule has 0 saturated heterocycles. The minimum atomic E-state index is -0.384. The third-order valence-corrected chi connectivity index (χ3v) is 3.83. The van der Waals surface area contributed by atoms with Gasteiger partial charge in [-0.2, -0.15) is 5.26 Å². The van der Waals surface area contributed by atoms with Gasteiger partial charge in [-0.3, -0.25) is 4.79 Å². The van der Waals surface area contributed by atoms with Crippen LogP contribution in [-0.2, 0) is 4.79 Å². The number of Topliss-reactive ketones (excluding diaryl/α,β-unsaturated/α-hetero) is 1. The van der Waals surface area contributed by atoms with Crippen LogP contribution in [0, 0.1) is 14.9 Å². The zero-order valence-corrected chi connectivity index (χ0v) is 11.2. The number of carbonyl (C=O) groups is 1. The summed E-state index contributed by atoms with van der Waals surface area (Å²) in [6, 6.07) is 7.49. The number of hydrogen-bond donors (Lipinski definition) is 0. The summed E-state index contributed by atoms with van der Waals surface area (Å²) in [6.07, 6.45) is 0. The topological polar surface area (TPSA) is 40.9 Å². The van der Waals surface area contributed by atoms with Crippen LogP contribution in [0.25, 0.3) is 0 Å². The molecule has 0 fully saturated rings. The Balaban J connectivity index is 3.32. The fraction of sp³-hybridized carbons (Fsp3) is 0.200. The van der Waals surface area contributed by atoms with Crippen molar-refractivity contribution in [3.05, 3.63) is 32.9 Å². The molecule has 1 aromatic carbocycles. The van der Waals surface area contributed by atoms with Crippen molar-refractivity contribution in [1.82, 2.24) is 0 Å². The van der Waals surface area contributed by atoms with Gasteiger partial charge in [0.25, 0.3) is 0 Å². The normalized spacial score (nSPS) is 11.9. The largest absolute Gasteiger partial charge is 0.298 e. The molecule has 14 heavy (non-hydrogen) atoms. The minimum absolute atomic E-state index is 0.00520. The van der Waals surface area contributed by atoms with Crippen molar-refractivity contribution in [1.29, 1.82) is 5.26 Å². The van der Waals surface area contributed by atoms with Crippen molar-refractivity contribution >= 4 is 44.3 Å². The standard InChI is InChI=1S/C10H7BrINO/c1-6(14)10(11)9-7(5-13)3-2-4-8(9)12/h2-4,10H,1H3. The van der Waals surface area contributed by atoms with Crippen LogP contribution in [0.5, 0.6) is 0 Å². The van der Waals surface area contributed by atoms with Crippen LogP contribution in [0.3, 0.4) is 0 Å². The molecule has 2 nitrogen and oxygen atoms in total. The van der Waals surface area contributed by atoms with E-state index in [-0.39, 0.29) is 10.6 Å². The summed E-state index contributed by atoms with van der Waals surface area (Å²) in [6.45, 7) is 1.50. The fourth-order valence-electron chi connectivity index (χ4n) is 1.10. The lowest BCUT2D eigenvalue weighted by Crippen LogP contribution is -2.05. The molecule has 0 bridgehead atoms. The monoisotopic (exact) mass is 363 g/mol. The highest BCUT2D eigenvalue weighted by molar-refractivity contribution is 14.1.